The summed E-state index contributed by atoms with van der Waals surface area (Å²) in [5, 5.41) is 12.0. The van der Waals surface area contributed by atoms with Crippen LogP contribution in [0.5, 0.6) is 0 Å². The van der Waals surface area contributed by atoms with E-state index in [2.05, 4.69) is 30.3 Å². The molecule has 1 heterocycles. The van der Waals surface area contributed by atoms with Crippen LogP contribution in [0.3, 0.4) is 0 Å². The van der Waals surface area contributed by atoms with Gasteiger partial charge in [-0.3, -0.25) is 0 Å². The average molecular weight is 314 g/mol. The smallest absolute Gasteiger partial charge is 0.151 e. The molecule has 0 unspecified atom stereocenters. The van der Waals surface area contributed by atoms with Gasteiger partial charge in [0.1, 0.15) is 0 Å². The fraction of sp³-hybridized carbons (Fsp3) is 0.0952. The van der Waals surface area contributed by atoms with Crippen LogP contribution in [0.15, 0.2) is 60.7 Å². The van der Waals surface area contributed by atoms with Crippen molar-refractivity contribution in [3.63, 3.8) is 0 Å². The van der Waals surface area contributed by atoms with Crippen LogP contribution in [0.1, 0.15) is 16.8 Å². The summed E-state index contributed by atoms with van der Waals surface area (Å²) in [5.41, 5.74) is 3.03. The molecule has 0 saturated heterocycles. The Balaban J connectivity index is 1.93. The summed E-state index contributed by atoms with van der Waals surface area (Å²) in [6.45, 7) is 2.36. The van der Waals surface area contributed by atoms with Gasteiger partial charge in [0.15, 0.2) is 5.82 Å². The molecule has 1 aromatic heterocycles. The van der Waals surface area contributed by atoms with Crippen molar-refractivity contribution in [2.75, 3.05) is 0 Å². The predicted octanol–water partition coefficient (Wildman–Crippen LogP) is 5.16. The zero-order valence-electron chi connectivity index (χ0n) is 13.3. The lowest BCUT2D eigenvalue weighted by Crippen LogP contribution is -2.02. The van der Waals surface area contributed by atoms with E-state index in [-0.39, 0.29) is 5.82 Å². The molecule has 0 amide bonds. The number of nitrogens with zero attached hydrogens (tertiary/aromatic N) is 2. The Bertz CT molecular complexity index is 1110. The van der Waals surface area contributed by atoms with Crippen molar-refractivity contribution in [3.05, 3.63) is 83.3 Å². The van der Waals surface area contributed by atoms with E-state index >= 15 is 0 Å². The maximum atomic E-state index is 14.6. The Kier molecular flexibility index (Phi) is 3.32. The Hall–Kier alpha value is -3.12. The summed E-state index contributed by atoms with van der Waals surface area (Å²) in [4.78, 5) is 0. The van der Waals surface area contributed by atoms with Gasteiger partial charge in [0.25, 0.3) is 0 Å². The highest BCUT2D eigenvalue weighted by molar-refractivity contribution is 5.87. The van der Waals surface area contributed by atoms with E-state index in [0.29, 0.717) is 23.2 Å². The highest BCUT2D eigenvalue weighted by atomic mass is 19.1. The van der Waals surface area contributed by atoms with Gasteiger partial charge in [0, 0.05) is 11.9 Å². The molecular weight excluding hydrogens is 299 g/mol. The number of halogens is 1. The van der Waals surface area contributed by atoms with Gasteiger partial charge >= 0.3 is 0 Å². The van der Waals surface area contributed by atoms with Crippen molar-refractivity contribution in [2.24, 2.45) is 0 Å². The molecule has 0 fully saturated rings. The third kappa shape index (κ3) is 2.16. The Labute approximate surface area is 139 Å². The van der Waals surface area contributed by atoms with Crippen LogP contribution in [0.2, 0.25) is 0 Å². The van der Waals surface area contributed by atoms with Gasteiger partial charge in [0.2, 0.25) is 0 Å². The second kappa shape index (κ2) is 5.50. The summed E-state index contributed by atoms with van der Waals surface area (Å²) >= 11 is 0. The Morgan fingerprint density at radius 2 is 1.79 bits per heavy atom. The first-order chi connectivity index (χ1) is 11.7. The van der Waals surface area contributed by atoms with Gasteiger partial charge in [-0.15, -0.1) is 0 Å². The molecule has 0 N–H and O–H groups in total. The molecule has 0 saturated carbocycles. The number of benzene rings is 3. The van der Waals surface area contributed by atoms with E-state index < -0.39 is 0 Å². The number of rotatable bonds is 2. The fourth-order valence-corrected chi connectivity index (χ4v) is 3.31. The van der Waals surface area contributed by atoms with Crippen LogP contribution in [-0.4, -0.2) is 4.57 Å². The van der Waals surface area contributed by atoms with Crippen LogP contribution >= 0.6 is 0 Å². The average Bonchev–Trinajstić information content (AvgIpc) is 2.86. The predicted molar refractivity (Wildman–Crippen MR) is 94.4 cm³/mol. The second-order valence-corrected chi connectivity index (χ2v) is 5.97. The molecule has 0 atom stereocenters. The van der Waals surface area contributed by atoms with Crippen LogP contribution in [0.25, 0.3) is 21.7 Å². The molecule has 3 heteroatoms. The van der Waals surface area contributed by atoms with E-state index in [4.69, 9.17) is 5.26 Å². The third-order valence-electron chi connectivity index (χ3n) is 4.59. The zero-order valence-corrected chi connectivity index (χ0v) is 13.3. The molecular formula is C21H15FN2. The molecule has 24 heavy (non-hydrogen) atoms. The highest BCUT2D eigenvalue weighted by Gasteiger charge is 2.15. The summed E-state index contributed by atoms with van der Waals surface area (Å²) in [7, 11) is 0. The topological polar surface area (TPSA) is 28.7 Å². The van der Waals surface area contributed by atoms with Gasteiger partial charge in [-0.05, 0) is 41.5 Å². The molecule has 3 aromatic carbocycles. The van der Waals surface area contributed by atoms with Crippen molar-refractivity contribution in [1.82, 2.24) is 4.57 Å². The fourth-order valence-electron chi connectivity index (χ4n) is 3.31. The number of fused-ring (bicyclic) bond motifs is 2. The zero-order chi connectivity index (χ0) is 16.7. The first-order valence-electron chi connectivity index (χ1n) is 7.84. The lowest BCUT2D eigenvalue weighted by Gasteiger charge is -2.11. The number of hydrogen-bond donors (Lipinski definition) is 0. The molecule has 116 valence electrons. The first kappa shape index (κ1) is 14.5. The first-order valence-corrected chi connectivity index (χ1v) is 7.84. The van der Waals surface area contributed by atoms with Gasteiger partial charge in [-0.1, -0.05) is 42.5 Å². The maximum absolute atomic E-state index is 14.6. The standard InChI is InChI=1S/C21H15FN2/c1-14-21(22)19-10-9-15(12-23)11-20(19)24(14)13-17-7-4-6-16-5-2-3-8-18(16)17/h2-11H,13H2,1H3. The van der Waals surface area contributed by atoms with Crippen LogP contribution < -0.4 is 0 Å². The van der Waals surface area contributed by atoms with E-state index in [1.165, 1.54) is 5.39 Å². The Morgan fingerprint density at radius 3 is 2.62 bits per heavy atom. The minimum absolute atomic E-state index is 0.213. The lowest BCUT2D eigenvalue weighted by molar-refractivity contribution is 0.614. The van der Waals surface area contributed by atoms with Gasteiger partial charge in [-0.25, -0.2) is 4.39 Å². The molecule has 4 rings (SSSR count). The molecule has 0 spiro atoms. The van der Waals surface area contributed by atoms with Crippen molar-refractivity contribution in [2.45, 2.75) is 13.5 Å². The number of nitriles is 1. The molecule has 2 nitrogen and oxygen atoms in total. The normalized spacial score (nSPS) is 11.0. The van der Waals surface area contributed by atoms with Crippen LogP contribution in [0, 0.1) is 24.1 Å². The lowest BCUT2D eigenvalue weighted by atomic mass is 10.0. The van der Waals surface area contributed by atoms with Crippen molar-refractivity contribution in [3.8, 4) is 6.07 Å². The summed E-state index contributed by atoms with van der Waals surface area (Å²) in [6.07, 6.45) is 0. The second-order valence-electron chi connectivity index (χ2n) is 5.97. The summed E-state index contributed by atoms with van der Waals surface area (Å²) in [5.74, 6) is -0.213. The molecule has 0 aliphatic carbocycles. The summed E-state index contributed by atoms with van der Waals surface area (Å²) < 4.78 is 16.5. The maximum Gasteiger partial charge on any atom is 0.151 e. The van der Waals surface area contributed by atoms with Gasteiger partial charge in [0.05, 0.1) is 22.8 Å². The van der Waals surface area contributed by atoms with Crippen molar-refractivity contribution < 1.29 is 4.39 Å². The SMILES string of the molecule is Cc1c(F)c2ccc(C#N)cc2n1Cc1cccc2ccccc12. The van der Waals surface area contributed by atoms with Crippen molar-refractivity contribution in [1.29, 1.82) is 5.26 Å². The molecule has 4 aromatic rings. The minimum atomic E-state index is -0.213. The van der Waals surface area contributed by atoms with E-state index in [9.17, 15) is 4.39 Å². The van der Waals surface area contributed by atoms with E-state index in [1.54, 1.807) is 25.1 Å². The number of aromatic nitrogens is 1. The minimum Gasteiger partial charge on any atom is -0.338 e. The number of hydrogen-bond acceptors (Lipinski definition) is 1. The molecule has 0 aliphatic heterocycles. The molecule has 0 radical (unpaired) electrons. The Morgan fingerprint density at radius 1 is 1.00 bits per heavy atom. The van der Waals surface area contributed by atoms with Crippen LogP contribution in [0.4, 0.5) is 4.39 Å². The monoisotopic (exact) mass is 314 g/mol. The summed E-state index contributed by atoms with van der Waals surface area (Å²) in [6, 6.07) is 21.6. The quantitative estimate of drug-likeness (QED) is 0.502. The van der Waals surface area contributed by atoms with E-state index in [1.807, 2.05) is 22.8 Å². The van der Waals surface area contributed by atoms with Crippen LogP contribution in [-0.2, 0) is 6.54 Å². The molecule has 0 aliphatic rings. The van der Waals surface area contributed by atoms with Gasteiger partial charge in [-0.2, -0.15) is 5.26 Å². The largest absolute Gasteiger partial charge is 0.338 e. The van der Waals surface area contributed by atoms with Crippen molar-refractivity contribution >= 4 is 21.7 Å². The third-order valence-corrected chi connectivity index (χ3v) is 4.59. The van der Waals surface area contributed by atoms with Gasteiger partial charge < -0.3 is 4.57 Å². The van der Waals surface area contributed by atoms with E-state index in [0.717, 1.165) is 16.5 Å². The molecule has 0 bridgehead atoms. The highest BCUT2D eigenvalue weighted by Crippen LogP contribution is 2.28.